The molecule has 0 atom stereocenters. The molecule has 1 saturated heterocycles. The summed E-state index contributed by atoms with van der Waals surface area (Å²) in [5.74, 6) is -0.886. The van der Waals surface area contributed by atoms with Gasteiger partial charge < -0.3 is 29.0 Å². The summed E-state index contributed by atoms with van der Waals surface area (Å²) in [6.07, 6.45) is -0.0405. The van der Waals surface area contributed by atoms with Crippen molar-refractivity contribution in [2.45, 2.75) is 65.9 Å². The number of ketones is 1. The van der Waals surface area contributed by atoms with E-state index in [4.69, 9.17) is 23.7 Å². The molecule has 0 aliphatic carbocycles. The van der Waals surface area contributed by atoms with Gasteiger partial charge in [-0.15, -0.1) is 0 Å². The van der Waals surface area contributed by atoms with E-state index in [9.17, 15) is 24.0 Å². The van der Waals surface area contributed by atoms with Gasteiger partial charge in [0.05, 0.1) is 65.8 Å². The molecule has 4 amide bonds. The quantitative estimate of drug-likeness (QED) is 0.106. The van der Waals surface area contributed by atoms with Gasteiger partial charge >= 0.3 is 6.09 Å². The van der Waals surface area contributed by atoms with Crippen LogP contribution in [0.2, 0.25) is 0 Å². The van der Waals surface area contributed by atoms with Gasteiger partial charge in [0, 0.05) is 32.4 Å². The molecule has 1 rings (SSSR count). The highest BCUT2D eigenvalue weighted by Gasteiger charge is 2.28. The molecule has 0 radical (unpaired) electrons. The Morgan fingerprint density at radius 3 is 1.77 bits per heavy atom. The van der Waals surface area contributed by atoms with Crippen molar-refractivity contribution < 1.29 is 47.7 Å². The van der Waals surface area contributed by atoms with Gasteiger partial charge in [-0.05, 0) is 20.8 Å². The van der Waals surface area contributed by atoms with Crippen LogP contribution in [0.4, 0.5) is 4.79 Å². The van der Waals surface area contributed by atoms with Crippen LogP contribution in [0.5, 0.6) is 0 Å². The molecule has 40 heavy (non-hydrogen) atoms. The van der Waals surface area contributed by atoms with Gasteiger partial charge in [-0.2, -0.15) is 0 Å². The minimum atomic E-state index is -0.736. The van der Waals surface area contributed by atoms with E-state index in [-0.39, 0.29) is 63.0 Å². The first-order chi connectivity index (χ1) is 19.1. The Morgan fingerprint density at radius 1 is 0.750 bits per heavy atom. The monoisotopic (exact) mass is 576 g/mol. The Kier molecular flexibility index (Phi) is 21.6. The van der Waals surface area contributed by atoms with E-state index < -0.39 is 17.6 Å². The Labute approximate surface area is 237 Å². The van der Waals surface area contributed by atoms with Crippen LogP contribution >= 0.6 is 0 Å². The molecule has 1 heterocycles. The van der Waals surface area contributed by atoms with Crippen LogP contribution in [-0.4, -0.2) is 113 Å². The maximum absolute atomic E-state index is 11.8. The van der Waals surface area contributed by atoms with Gasteiger partial charge in [0.15, 0.2) is 0 Å². The van der Waals surface area contributed by atoms with Gasteiger partial charge in [0.2, 0.25) is 17.7 Å². The molecule has 0 bridgehead atoms. The molecule has 0 unspecified atom stereocenters. The number of nitrogens with one attached hydrogen (secondary N) is 3. The highest BCUT2D eigenvalue weighted by Crippen LogP contribution is 2.11. The number of nitrogens with zero attached hydrogens (tertiary/aromatic N) is 1. The molecule has 0 aromatic carbocycles. The third-order valence-corrected chi connectivity index (χ3v) is 4.81. The lowest BCUT2D eigenvalue weighted by atomic mass is 10.2. The Morgan fingerprint density at radius 2 is 1.25 bits per heavy atom. The molecule has 0 saturated carbocycles. The molecular formula is C26H48N4O10. The van der Waals surface area contributed by atoms with Crippen LogP contribution in [0.25, 0.3) is 0 Å². The Hall–Kier alpha value is -2.65. The number of imide groups is 1. The van der Waals surface area contributed by atoms with E-state index in [1.54, 1.807) is 20.8 Å². The van der Waals surface area contributed by atoms with Gasteiger partial charge in [0.25, 0.3) is 0 Å². The largest absolute Gasteiger partial charge is 0.443 e. The predicted octanol–water partition coefficient (Wildman–Crippen LogP) is 0.723. The number of carbonyl (C=O) groups is 5. The van der Waals surface area contributed by atoms with Gasteiger partial charge in [-0.25, -0.2) is 10.2 Å². The van der Waals surface area contributed by atoms with Crippen LogP contribution in [0.1, 0.15) is 60.3 Å². The Bertz CT molecular complexity index is 742. The summed E-state index contributed by atoms with van der Waals surface area (Å²) in [4.78, 5) is 59.0. The fourth-order valence-corrected chi connectivity index (χ4v) is 2.98. The fourth-order valence-electron chi connectivity index (χ4n) is 2.98. The summed E-state index contributed by atoms with van der Waals surface area (Å²) in [5, 5.41) is 2.97. The molecule has 0 aromatic rings. The Balaban J connectivity index is 0.00000742. The summed E-state index contributed by atoms with van der Waals surface area (Å²) in [5.41, 5.74) is 3.75. The minimum absolute atomic E-state index is 0.0654. The number of hydrazine groups is 1. The summed E-state index contributed by atoms with van der Waals surface area (Å²) in [6, 6.07) is 0. The summed E-state index contributed by atoms with van der Waals surface area (Å²) >= 11 is 0. The van der Waals surface area contributed by atoms with Crippen LogP contribution in [0, 0.1) is 0 Å². The van der Waals surface area contributed by atoms with E-state index >= 15 is 0 Å². The van der Waals surface area contributed by atoms with Crippen LogP contribution < -0.4 is 16.2 Å². The molecule has 1 fully saturated rings. The molecule has 14 heteroatoms. The second-order valence-electron chi connectivity index (χ2n) is 9.28. The van der Waals surface area contributed by atoms with Crippen molar-refractivity contribution in [3.05, 3.63) is 0 Å². The molecule has 0 spiro atoms. The topological polar surface area (TPSA) is 171 Å². The van der Waals surface area contributed by atoms with Crippen LogP contribution in [-0.2, 0) is 42.9 Å². The van der Waals surface area contributed by atoms with Crippen molar-refractivity contribution in [2.24, 2.45) is 0 Å². The zero-order valence-corrected chi connectivity index (χ0v) is 24.6. The smallest absolute Gasteiger partial charge is 0.426 e. The van der Waals surface area contributed by atoms with E-state index in [2.05, 4.69) is 16.2 Å². The molecule has 232 valence electrons. The van der Waals surface area contributed by atoms with E-state index in [0.29, 0.717) is 52.8 Å². The first kappa shape index (κ1) is 37.4. The van der Waals surface area contributed by atoms with Crippen molar-refractivity contribution >= 4 is 29.6 Å². The number of ether oxygens (including phenoxy) is 5. The zero-order valence-electron chi connectivity index (χ0n) is 24.6. The van der Waals surface area contributed by atoms with Crippen molar-refractivity contribution in [1.29, 1.82) is 0 Å². The number of hydrogen-bond acceptors (Lipinski definition) is 11. The highest BCUT2D eigenvalue weighted by atomic mass is 16.6. The van der Waals surface area contributed by atoms with Crippen LogP contribution in [0.3, 0.4) is 0 Å². The fraction of sp³-hybridized carbons (Fsp3) is 0.808. The summed E-state index contributed by atoms with van der Waals surface area (Å²) < 4.78 is 26.5. The van der Waals surface area contributed by atoms with E-state index in [0.717, 1.165) is 4.90 Å². The van der Waals surface area contributed by atoms with Gasteiger partial charge in [-0.3, -0.25) is 29.5 Å². The predicted molar refractivity (Wildman–Crippen MR) is 145 cm³/mol. The number of hydrogen-bond donors (Lipinski definition) is 3. The second kappa shape index (κ2) is 23.1. The van der Waals surface area contributed by atoms with Crippen molar-refractivity contribution in [3.63, 3.8) is 0 Å². The molecule has 3 N–H and O–H groups in total. The van der Waals surface area contributed by atoms with Gasteiger partial charge in [0.1, 0.15) is 11.4 Å². The lowest BCUT2D eigenvalue weighted by Crippen LogP contribution is -2.44. The molecule has 1 aliphatic heterocycles. The van der Waals surface area contributed by atoms with Crippen LogP contribution in [0.15, 0.2) is 0 Å². The summed E-state index contributed by atoms with van der Waals surface area (Å²) in [7, 11) is 0. The number of Topliss-reactive ketones (excluding diaryl/α,β-unsaturated/α-hetero) is 1. The highest BCUT2D eigenvalue weighted by molar-refractivity contribution is 6.02. The van der Waals surface area contributed by atoms with Crippen molar-refractivity contribution in [2.75, 3.05) is 72.5 Å². The third kappa shape index (κ3) is 21.2. The average molecular weight is 577 g/mol. The van der Waals surface area contributed by atoms with Gasteiger partial charge in [-0.1, -0.05) is 13.8 Å². The molecule has 0 aromatic heterocycles. The second-order valence-corrected chi connectivity index (χ2v) is 9.28. The SMILES string of the molecule is CC.CC(C)(C)OC(=O)NNC(=O)CCOCCOCCOCCOCCNCC(=O)CCN1C(=O)CCC1=O. The zero-order chi connectivity index (χ0) is 30.2. The third-order valence-electron chi connectivity index (χ3n) is 4.81. The normalized spacial score (nSPS) is 13.1. The van der Waals surface area contributed by atoms with Crippen molar-refractivity contribution in [1.82, 2.24) is 21.1 Å². The lowest BCUT2D eigenvalue weighted by Gasteiger charge is -2.19. The number of rotatable bonds is 20. The maximum atomic E-state index is 11.8. The number of carbonyl (C=O) groups excluding carboxylic acids is 5. The standard InChI is InChI=1S/C24H42N4O10.C2H6/c1-24(2,3)38-23(33)27-26-20(30)7-10-34-12-14-36-16-17-37-15-13-35-11-8-25-18-19(29)6-9-28-21(31)4-5-22(28)32;1-2/h25H,4-18H2,1-3H3,(H,26,30)(H,27,33);1-2H3. The number of likely N-dealkylation sites (tertiary alicyclic amines) is 1. The number of amides is 4. The average Bonchev–Trinajstić information content (AvgIpc) is 3.22. The first-order valence-electron chi connectivity index (χ1n) is 13.7. The lowest BCUT2D eigenvalue weighted by molar-refractivity contribution is -0.138. The minimum Gasteiger partial charge on any atom is -0.443 e. The molecule has 1 aliphatic rings. The van der Waals surface area contributed by atoms with E-state index in [1.807, 2.05) is 13.8 Å². The molecule has 14 nitrogen and oxygen atoms in total. The first-order valence-corrected chi connectivity index (χ1v) is 13.7. The van der Waals surface area contributed by atoms with Crippen molar-refractivity contribution in [3.8, 4) is 0 Å². The maximum Gasteiger partial charge on any atom is 0.426 e. The summed E-state index contributed by atoms with van der Waals surface area (Å²) in [6.45, 7) is 12.8. The van der Waals surface area contributed by atoms with E-state index in [1.165, 1.54) is 0 Å². The molecular weight excluding hydrogens is 528 g/mol.